The molecular weight excluding hydrogens is 272 g/mol. The molecule has 0 saturated carbocycles. The van der Waals surface area contributed by atoms with Crippen LogP contribution >= 0.6 is 0 Å². The van der Waals surface area contributed by atoms with Crippen molar-refractivity contribution in [2.24, 2.45) is 0 Å². The third-order valence-electron chi connectivity index (χ3n) is 3.08. The third kappa shape index (κ3) is 5.30. The first kappa shape index (κ1) is 16.6. The zero-order valence-electron chi connectivity index (χ0n) is 12.8. The molecule has 20 heavy (non-hydrogen) atoms. The fourth-order valence-electron chi connectivity index (χ4n) is 1.97. The molecule has 1 rings (SSSR count). The summed E-state index contributed by atoms with van der Waals surface area (Å²) in [6.07, 6.45) is 4.65. The van der Waals surface area contributed by atoms with Crippen molar-refractivity contribution in [1.29, 1.82) is 0 Å². The summed E-state index contributed by atoms with van der Waals surface area (Å²) in [6.45, 7) is 6.50. The second-order valence-electron chi connectivity index (χ2n) is 5.09. The van der Waals surface area contributed by atoms with E-state index in [1.54, 1.807) is 0 Å². The maximum absolute atomic E-state index is 11.7. The lowest BCUT2D eigenvalue weighted by atomic mass is 10.2. The van der Waals surface area contributed by atoms with Gasteiger partial charge in [-0.3, -0.25) is 0 Å². The lowest BCUT2D eigenvalue weighted by Crippen LogP contribution is -2.27. The summed E-state index contributed by atoms with van der Waals surface area (Å²) in [6, 6.07) is 4.84. The van der Waals surface area contributed by atoms with Gasteiger partial charge in [0, 0.05) is 36.8 Å². The zero-order chi connectivity index (χ0) is 15.2. The summed E-state index contributed by atoms with van der Waals surface area (Å²) >= 11 is 0. The van der Waals surface area contributed by atoms with E-state index in [0.29, 0.717) is 13.0 Å². The molecule has 0 aliphatic carbocycles. The van der Waals surface area contributed by atoms with Gasteiger partial charge in [-0.05, 0) is 31.9 Å². The van der Waals surface area contributed by atoms with Crippen LogP contribution in [0.15, 0.2) is 6.07 Å². The molecule has 0 spiro atoms. The van der Waals surface area contributed by atoms with Crippen molar-refractivity contribution in [2.75, 3.05) is 12.8 Å². The minimum Gasteiger partial charge on any atom is -0.362 e. The molecule has 4 nitrogen and oxygen atoms in total. The second kappa shape index (κ2) is 7.39. The number of unbranched alkanes of at least 4 members (excludes halogenated alkanes) is 2. The van der Waals surface area contributed by atoms with Crippen LogP contribution < -0.4 is 0 Å². The van der Waals surface area contributed by atoms with Gasteiger partial charge in [0.25, 0.3) is 0 Å². The van der Waals surface area contributed by atoms with E-state index in [0.717, 1.165) is 36.2 Å². The Kier molecular flexibility index (Phi) is 6.15. The number of aromatic amines is 1. The Labute approximate surface area is 122 Å². The quantitative estimate of drug-likeness (QED) is 0.498. The number of nitrogens with one attached hydrogen (secondary N) is 1. The summed E-state index contributed by atoms with van der Waals surface area (Å²) < 4.78 is 24.7. The van der Waals surface area contributed by atoms with E-state index >= 15 is 0 Å². The first-order valence-electron chi connectivity index (χ1n) is 6.96. The Morgan fingerprint density at radius 2 is 2.05 bits per heavy atom. The van der Waals surface area contributed by atoms with E-state index < -0.39 is 10.0 Å². The summed E-state index contributed by atoms with van der Waals surface area (Å²) in [7, 11) is -3.28. The van der Waals surface area contributed by atoms with Crippen LogP contribution in [0.5, 0.6) is 0 Å². The molecule has 0 fully saturated rings. The maximum Gasteiger partial charge on any atom is 0.238 e. The Balaban J connectivity index is 2.70. The van der Waals surface area contributed by atoms with Crippen LogP contribution in [0.4, 0.5) is 0 Å². The molecular formula is C15H24N2O2S. The molecule has 1 heterocycles. The second-order valence-corrected chi connectivity index (χ2v) is 7.00. The minimum absolute atomic E-state index is 0.388. The Hall–Kier alpha value is -1.41. The van der Waals surface area contributed by atoms with Gasteiger partial charge in [-0.15, -0.1) is 0 Å². The number of aryl methyl sites for hydroxylation is 2. The van der Waals surface area contributed by atoms with E-state index in [2.05, 4.69) is 29.9 Å². The van der Waals surface area contributed by atoms with Crippen molar-refractivity contribution >= 4 is 10.0 Å². The molecule has 1 N–H and O–H groups in total. The largest absolute Gasteiger partial charge is 0.362 e. The first-order valence-corrected chi connectivity index (χ1v) is 8.80. The van der Waals surface area contributed by atoms with E-state index in [4.69, 9.17) is 0 Å². The number of hydrogen-bond donors (Lipinski definition) is 1. The van der Waals surface area contributed by atoms with Crippen molar-refractivity contribution in [1.82, 2.24) is 9.29 Å². The van der Waals surface area contributed by atoms with Gasteiger partial charge in [0.1, 0.15) is 0 Å². The van der Waals surface area contributed by atoms with E-state index in [1.807, 2.05) is 13.8 Å². The molecule has 0 amide bonds. The minimum atomic E-state index is -3.28. The molecule has 0 aliphatic heterocycles. The number of H-pyrrole nitrogens is 1. The number of aromatic nitrogens is 1. The lowest BCUT2D eigenvalue weighted by Gasteiger charge is -2.14. The molecule has 1 aromatic rings. The van der Waals surface area contributed by atoms with Crippen LogP contribution in [0.25, 0.3) is 0 Å². The molecule has 5 heteroatoms. The lowest BCUT2D eigenvalue weighted by molar-refractivity contribution is 0.516. The van der Waals surface area contributed by atoms with Crippen LogP contribution in [0.1, 0.15) is 43.1 Å². The molecule has 0 bridgehead atoms. The summed E-state index contributed by atoms with van der Waals surface area (Å²) in [5, 5.41) is 0. The van der Waals surface area contributed by atoms with Gasteiger partial charge < -0.3 is 4.98 Å². The maximum atomic E-state index is 11.7. The van der Waals surface area contributed by atoms with E-state index in [1.165, 1.54) is 10.6 Å². The highest BCUT2D eigenvalue weighted by atomic mass is 32.2. The Bertz CT molecular complexity index is 591. The van der Waals surface area contributed by atoms with Crippen molar-refractivity contribution in [3.63, 3.8) is 0 Å². The van der Waals surface area contributed by atoms with Crippen molar-refractivity contribution in [2.45, 2.75) is 46.5 Å². The number of nitrogens with zero attached hydrogens (tertiary/aromatic N) is 1. The smallest absolute Gasteiger partial charge is 0.238 e. The third-order valence-corrected chi connectivity index (χ3v) is 4.16. The molecule has 0 atom stereocenters. The van der Waals surface area contributed by atoms with Crippen LogP contribution in [0.3, 0.4) is 0 Å². The van der Waals surface area contributed by atoms with Gasteiger partial charge in [-0.25, -0.2) is 12.7 Å². The molecule has 0 aliphatic rings. The average molecular weight is 296 g/mol. The molecule has 0 aromatic carbocycles. The van der Waals surface area contributed by atoms with Crippen LogP contribution in [0, 0.1) is 25.8 Å². The molecule has 0 saturated heterocycles. The van der Waals surface area contributed by atoms with Gasteiger partial charge in [0.15, 0.2) is 0 Å². The predicted molar refractivity (Wildman–Crippen MR) is 82.8 cm³/mol. The topological polar surface area (TPSA) is 53.2 Å². The van der Waals surface area contributed by atoms with Crippen molar-refractivity contribution in [3.05, 3.63) is 23.0 Å². The fraction of sp³-hybridized carbons (Fsp3) is 0.600. The van der Waals surface area contributed by atoms with Crippen LogP contribution in [0.2, 0.25) is 0 Å². The first-order chi connectivity index (χ1) is 9.34. The standard InChI is InChI=1S/C15H24N2O2S/c1-5-6-7-8-10-17(20(4,18)19)11-9-15-13(2)12-14(3)16-15/h12,16H,5-7,9,11H2,1-4H3. The SMILES string of the molecule is CCCCC#CN(CCc1[nH]c(C)cc1C)S(C)(=O)=O. The number of hydrogen-bond acceptors (Lipinski definition) is 2. The summed E-state index contributed by atoms with van der Waals surface area (Å²) in [5.74, 6) is 2.94. The average Bonchev–Trinajstić information content (AvgIpc) is 2.65. The molecule has 1 aromatic heterocycles. The highest BCUT2D eigenvalue weighted by Crippen LogP contribution is 2.10. The fourth-order valence-corrected chi connectivity index (χ4v) is 2.62. The van der Waals surface area contributed by atoms with E-state index in [-0.39, 0.29) is 0 Å². The van der Waals surface area contributed by atoms with Crippen molar-refractivity contribution < 1.29 is 8.42 Å². The normalized spacial score (nSPS) is 11.0. The Morgan fingerprint density at radius 3 is 2.55 bits per heavy atom. The highest BCUT2D eigenvalue weighted by molar-refractivity contribution is 7.88. The summed E-state index contributed by atoms with van der Waals surface area (Å²) in [5.41, 5.74) is 3.33. The van der Waals surface area contributed by atoms with Crippen LogP contribution in [-0.2, 0) is 16.4 Å². The van der Waals surface area contributed by atoms with Gasteiger partial charge in [0.05, 0.1) is 6.26 Å². The zero-order valence-corrected chi connectivity index (χ0v) is 13.6. The number of rotatable bonds is 6. The van der Waals surface area contributed by atoms with Gasteiger partial charge in [0.2, 0.25) is 10.0 Å². The van der Waals surface area contributed by atoms with Crippen molar-refractivity contribution in [3.8, 4) is 12.0 Å². The predicted octanol–water partition coefficient (Wildman–Crippen LogP) is 2.59. The Morgan fingerprint density at radius 1 is 1.35 bits per heavy atom. The molecule has 0 radical (unpaired) electrons. The summed E-state index contributed by atoms with van der Waals surface area (Å²) in [4.78, 5) is 3.26. The van der Waals surface area contributed by atoms with Crippen LogP contribution in [-0.4, -0.2) is 30.5 Å². The number of sulfonamides is 1. The van der Waals surface area contributed by atoms with Gasteiger partial charge in [-0.2, -0.15) is 0 Å². The highest BCUT2D eigenvalue weighted by Gasteiger charge is 2.13. The molecule has 0 unspecified atom stereocenters. The van der Waals surface area contributed by atoms with E-state index in [9.17, 15) is 8.42 Å². The monoisotopic (exact) mass is 296 g/mol. The molecule has 112 valence electrons. The van der Waals surface area contributed by atoms with Gasteiger partial charge >= 0.3 is 0 Å². The van der Waals surface area contributed by atoms with Gasteiger partial charge in [-0.1, -0.05) is 19.3 Å².